The van der Waals surface area contributed by atoms with Crippen LogP contribution in [0.25, 0.3) is 0 Å². The zero-order chi connectivity index (χ0) is 13.8. The lowest BCUT2D eigenvalue weighted by molar-refractivity contribution is 0.0143. The van der Waals surface area contributed by atoms with Gasteiger partial charge in [0.15, 0.2) is 5.13 Å². The van der Waals surface area contributed by atoms with Gasteiger partial charge in [-0.1, -0.05) is 25.2 Å². The number of rotatable bonds is 6. The summed E-state index contributed by atoms with van der Waals surface area (Å²) in [4.78, 5) is 16.5. The second-order valence-electron chi connectivity index (χ2n) is 4.75. The summed E-state index contributed by atoms with van der Waals surface area (Å²) in [6.07, 6.45) is 1.54. The van der Waals surface area contributed by atoms with E-state index in [-0.39, 0.29) is 18.4 Å². The van der Waals surface area contributed by atoms with Crippen molar-refractivity contribution < 1.29 is 9.90 Å². The highest BCUT2D eigenvalue weighted by Gasteiger charge is 2.25. The van der Waals surface area contributed by atoms with E-state index >= 15 is 0 Å². The Morgan fingerprint density at radius 2 is 2.28 bits per heavy atom. The number of carbonyl (C=O) groups is 1. The molecule has 102 valence electrons. The summed E-state index contributed by atoms with van der Waals surface area (Å²) in [7, 11) is 0. The fourth-order valence-electron chi connectivity index (χ4n) is 1.16. The minimum absolute atomic E-state index is 0.0802. The Hall–Kier alpha value is -1.14. The molecule has 5 nitrogen and oxygen atoms in total. The molecule has 0 radical (unpaired) electrons. The van der Waals surface area contributed by atoms with Crippen molar-refractivity contribution in [1.82, 2.24) is 10.3 Å². The quantitative estimate of drug-likeness (QED) is 0.736. The van der Waals surface area contributed by atoms with E-state index in [4.69, 9.17) is 0 Å². The average molecular weight is 271 g/mol. The zero-order valence-corrected chi connectivity index (χ0v) is 12.1. The third-order valence-electron chi connectivity index (χ3n) is 2.91. The van der Waals surface area contributed by atoms with Crippen LogP contribution in [0.4, 0.5) is 5.13 Å². The average Bonchev–Trinajstić information content (AvgIpc) is 2.75. The normalized spacial score (nSPS) is 14.3. The van der Waals surface area contributed by atoms with Gasteiger partial charge in [-0.15, -0.1) is 0 Å². The minimum Gasteiger partial charge on any atom is -0.388 e. The van der Waals surface area contributed by atoms with Crippen LogP contribution in [0, 0.1) is 5.92 Å². The maximum atomic E-state index is 11.9. The molecule has 0 aromatic carbocycles. The van der Waals surface area contributed by atoms with Gasteiger partial charge in [0.25, 0.3) is 5.91 Å². The van der Waals surface area contributed by atoms with Crippen LogP contribution >= 0.6 is 11.3 Å². The van der Waals surface area contributed by atoms with E-state index in [1.54, 1.807) is 13.1 Å². The monoisotopic (exact) mass is 271 g/mol. The molecule has 0 spiro atoms. The molecule has 0 bridgehead atoms. The molecule has 18 heavy (non-hydrogen) atoms. The fourth-order valence-corrected chi connectivity index (χ4v) is 1.96. The number of hydrogen-bond acceptors (Lipinski definition) is 5. The van der Waals surface area contributed by atoms with Crippen molar-refractivity contribution in [2.75, 3.05) is 18.4 Å². The standard InChI is InChI=1S/C12H21N3O2S/c1-5-13-11-14-6-9(18-11)10(16)15-7-12(4,17)8(2)3/h6,8,17H,5,7H2,1-4H3,(H,13,14)(H,15,16). The molecule has 0 fully saturated rings. The summed E-state index contributed by atoms with van der Waals surface area (Å²) in [5.41, 5.74) is -0.898. The molecule has 1 atom stereocenters. The van der Waals surface area contributed by atoms with E-state index in [2.05, 4.69) is 15.6 Å². The summed E-state index contributed by atoms with van der Waals surface area (Å²) in [6.45, 7) is 8.54. The Morgan fingerprint density at radius 3 is 2.83 bits per heavy atom. The van der Waals surface area contributed by atoms with Crippen LogP contribution in [0.1, 0.15) is 37.4 Å². The molecule has 1 heterocycles. The van der Waals surface area contributed by atoms with Crippen molar-refractivity contribution in [3.63, 3.8) is 0 Å². The Morgan fingerprint density at radius 1 is 1.61 bits per heavy atom. The Balaban J connectivity index is 2.55. The van der Waals surface area contributed by atoms with Crippen molar-refractivity contribution in [1.29, 1.82) is 0 Å². The molecule has 0 aliphatic heterocycles. The number of nitrogens with one attached hydrogen (secondary N) is 2. The molecule has 1 aromatic rings. The van der Waals surface area contributed by atoms with Crippen LogP contribution in [-0.4, -0.2) is 34.7 Å². The van der Waals surface area contributed by atoms with Gasteiger partial charge in [-0.05, 0) is 19.8 Å². The van der Waals surface area contributed by atoms with Gasteiger partial charge in [0.1, 0.15) is 4.88 Å². The topological polar surface area (TPSA) is 74.2 Å². The number of aromatic nitrogens is 1. The van der Waals surface area contributed by atoms with Gasteiger partial charge < -0.3 is 15.7 Å². The summed E-state index contributed by atoms with van der Waals surface area (Å²) in [5.74, 6) is -0.117. The van der Waals surface area contributed by atoms with Gasteiger partial charge in [0.2, 0.25) is 0 Å². The van der Waals surface area contributed by atoms with E-state index < -0.39 is 5.60 Å². The lowest BCUT2D eigenvalue weighted by atomic mass is 9.92. The van der Waals surface area contributed by atoms with Crippen LogP contribution in [0.15, 0.2) is 6.20 Å². The highest BCUT2D eigenvalue weighted by Crippen LogP contribution is 2.18. The van der Waals surface area contributed by atoms with Gasteiger partial charge in [0.05, 0.1) is 11.8 Å². The number of amides is 1. The summed E-state index contributed by atoms with van der Waals surface area (Å²) >= 11 is 1.31. The first-order valence-corrected chi connectivity index (χ1v) is 6.88. The van der Waals surface area contributed by atoms with Gasteiger partial charge in [0, 0.05) is 13.1 Å². The van der Waals surface area contributed by atoms with Crippen LogP contribution in [0.3, 0.4) is 0 Å². The number of carbonyl (C=O) groups excluding carboxylic acids is 1. The molecule has 1 aromatic heterocycles. The van der Waals surface area contributed by atoms with Crippen LogP contribution in [0.2, 0.25) is 0 Å². The number of thiazole rings is 1. The van der Waals surface area contributed by atoms with Gasteiger partial charge >= 0.3 is 0 Å². The molecule has 0 saturated heterocycles. The predicted molar refractivity (Wildman–Crippen MR) is 74.1 cm³/mol. The maximum absolute atomic E-state index is 11.9. The van der Waals surface area contributed by atoms with Gasteiger partial charge in [-0.2, -0.15) is 0 Å². The van der Waals surface area contributed by atoms with Crippen molar-refractivity contribution in [2.45, 2.75) is 33.3 Å². The SMILES string of the molecule is CCNc1ncc(C(=O)NCC(C)(O)C(C)C)s1. The molecule has 6 heteroatoms. The molecule has 1 unspecified atom stereocenters. The Bertz CT molecular complexity index is 402. The van der Waals surface area contributed by atoms with Crippen LogP contribution in [-0.2, 0) is 0 Å². The van der Waals surface area contributed by atoms with Crippen LogP contribution < -0.4 is 10.6 Å². The molecule has 1 amide bonds. The first-order chi connectivity index (χ1) is 8.36. The van der Waals surface area contributed by atoms with Crippen LogP contribution in [0.5, 0.6) is 0 Å². The summed E-state index contributed by atoms with van der Waals surface area (Å²) in [5, 5.41) is 16.6. The lowest BCUT2D eigenvalue weighted by Gasteiger charge is -2.27. The first-order valence-electron chi connectivity index (χ1n) is 6.07. The van der Waals surface area contributed by atoms with E-state index in [1.807, 2.05) is 20.8 Å². The molecular weight excluding hydrogens is 250 g/mol. The maximum Gasteiger partial charge on any atom is 0.263 e. The number of hydrogen-bond donors (Lipinski definition) is 3. The van der Waals surface area contributed by atoms with E-state index in [1.165, 1.54) is 11.3 Å². The summed E-state index contributed by atoms with van der Waals surface area (Å²) < 4.78 is 0. The smallest absolute Gasteiger partial charge is 0.263 e. The summed E-state index contributed by atoms with van der Waals surface area (Å²) in [6, 6.07) is 0. The third kappa shape index (κ3) is 3.96. The van der Waals surface area contributed by atoms with Gasteiger partial charge in [-0.3, -0.25) is 4.79 Å². The fraction of sp³-hybridized carbons (Fsp3) is 0.667. The number of aliphatic hydroxyl groups is 1. The predicted octanol–water partition coefficient (Wildman–Crippen LogP) is 1.71. The van der Waals surface area contributed by atoms with Crippen molar-refractivity contribution in [3.8, 4) is 0 Å². The van der Waals surface area contributed by atoms with E-state index in [0.717, 1.165) is 11.7 Å². The molecule has 0 saturated carbocycles. The molecule has 0 aliphatic rings. The molecular formula is C12H21N3O2S. The highest BCUT2D eigenvalue weighted by atomic mass is 32.1. The van der Waals surface area contributed by atoms with Crippen molar-refractivity contribution in [3.05, 3.63) is 11.1 Å². The second kappa shape index (κ2) is 6.15. The highest BCUT2D eigenvalue weighted by molar-refractivity contribution is 7.17. The molecule has 1 rings (SSSR count). The first kappa shape index (κ1) is 14.9. The van der Waals surface area contributed by atoms with Gasteiger partial charge in [-0.25, -0.2) is 4.98 Å². The largest absolute Gasteiger partial charge is 0.388 e. The molecule has 3 N–H and O–H groups in total. The number of nitrogens with zero attached hydrogens (tertiary/aromatic N) is 1. The Labute approximate surface area is 112 Å². The third-order valence-corrected chi connectivity index (χ3v) is 3.86. The second-order valence-corrected chi connectivity index (χ2v) is 5.79. The molecule has 0 aliphatic carbocycles. The Kier molecular flexibility index (Phi) is 5.10. The lowest BCUT2D eigenvalue weighted by Crippen LogP contribution is -2.44. The minimum atomic E-state index is -0.898. The zero-order valence-electron chi connectivity index (χ0n) is 11.3. The van der Waals surface area contributed by atoms with E-state index in [9.17, 15) is 9.90 Å². The number of anilines is 1. The van der Waals surface area contributed by atoms with Crippen molar-refractivity contribution in [2.24, 2.45) is 5.92 Å². The van der Waals surface area contributed by atoms with Crippen molar-refractivity contribution >= 4 is 22.4 Å². The van der Waals surface area contributed by atoms with E-state index in [0.29, 0.717) is 4.88 Å².